The minimum absolute atomic E-state index is 0.217. The van der Waals surface area contributed by atoms with Crippen LogP contribution in [0.5, 0.6) is 0 Å². The second-order valence-electron chi connectivity index (χ2n) is 5.79. The van der Waals surface area contributed by atoms with E-state index in [9.17, 15) is 49.7 Å². The van der Waals surface area contributed by atoms with Gasteiger partial charge in [-0.05, 0) is 5.56 Å². The van der Waals surface area contributed by atoms with E-state index in [-0.39, 0.29) is 12.2 Å². The number of aliphatic carboxylic acids is 4. The highest BCUT2D eigenvalue weighted by atomic mass is 16.6. The fourth-order valence-corrected chi connectivity index (χ4v) is 2.67. The molecule has 0 aliphatic heterocycles. The molecule has 0 saturated heterocycles. The summed E-state index contributed by atoms with van der Waals surface area (Å²) in [6, 6.07) is 4.97. The Balaban J connectivity index is 2.61. The lowest BCUT2D eigenvalue weighted by atomic mass is 9.96. The predicted molar refractivity (Wildman–Crippen MR) is 90.5 cm³/mol. The van der Waals surface area contributed by atoms with Crippen molar-refractivity contribution in [1.29, 1.82) is 0 Å². The van der Waals surface area contributed by atoms with E-state index in [1.54, 1.807) is 0 Å². The van der Waals surface area contributed by atoms with Gasteiger partial charge in [0.1, 0.15) is 0 Å². The Labute approximate surface area is 160 Å². The zero-order valence-electron chi connectivity index (χ0n) is 14.3. The van der Waals surface area contributed by atoms with E-state index < -0.39 is 52.0 Å². The number of aromatic nitrogens is 2. The maximum atomic E-state index is 11.5. The number of nitrogens with zero attached hydrogens (tertiary/aromatic N) is 3. The molecule has 2 rings (SSSR count). The Morgan fingerprint density at radius 2 is 1.41 bits per heavy atom. The Morgan fingerprint density at radius 1 is 0.931 bits per heavy atom. The summed E-state index contributed by atoms with van der Waals surface area (Å²) >= 11 is 0. The number of benzene rings is 1. The van der Waals surface area contributed by atoms with Crippen LogP contribution in [0.2, 0.25) is 0 Å². The lowest BCUT2D eigenvalue weighted by Gasteiger charge is -2.15. The number of rotatable bonds is 9. The molecule has 2 aromatic rings. The number of carboxylic acids is 4. The normalized spacial score (nSPS) is 10.8. The van der Waals surface area contributed by atoms with E-state index in [2.05, 4.69) is 4.98 Å². The van der Waals surface area contributed by atoms with Gasteiger partial charge in [-0.3, -0.25) is 29.3 Å². The van der Waals surface area contributed by atoms with E-state index in [1.165, 1.54) is 12.1 Å². The van der Waals surface area contributed by atoms with Gasteiger partial charge in [-0.2, -0.15) is 0 Å². The number of carbonyl (C=O) groups is 4. The van der Waals surface area contributed by atoms with Gasteiger partial charge in [0, 0.05) is 18.7 Å². The highest BCUT2D eigenvalue weighted by molar-refractivity contribution is 6.02. The molecular weight excluding hydrogens is 394 g/mol. The molecule has 0 bridgehead atoms. The monoisotopic (exact) mass is 407 g/mol. The van der Waals surface area contributed by atoms with Gasteiger partial charge in [0.15, 0.2) is 11.8 Å². The number of imidazole rings is 1. The summed E-state index contributed by atoms with van der Waals surface area (Å²) in [7, 11) is 0. The van der Waals surface area contributed by atoms with E-state index in [0.29, 0.717) is 5.56 Å². The number of non-ortho nitro benzene ring substituents is 1. The molecule has 1 aromatic heterocycles. The van der Waals surface area contributed by atoms with Crippen molar-refractivity contribution in [3.63, 3.8) is 0 Å². The van der Waals surface area contributed by atoms with Gasteiger partial charge in [0.2, 0.25) is 0 Å². The van der Waals surface area contributed by atoms with Crippen molar-refractivity contribution < 1.29 is 44.5 Å². The number of carboxylic acid groups (broad SMARTS) is 4. The van der Waals surface area contributed by atoms with Gasteiger partial charge in [0.25, 0.3) is 5.69 Å². The fourth-order valence-electron chi connectivity index (χ4n) is 2.67. The maximum Gasteiger partial charge on any atom is 0.324 e. The van der Waals surface area contributed by atoms with Crippen LogP contribution < -0.4 is 0 Å². The maximum absolute atomic E-state index is 11.5. The summed E-state index contributed by atoms with van der Waals surface area (Å²) in [5, 5.41) is 47.7. The van der Waals surface area contributed by atoms with Crippen molar-refractivity contribution in [1.82, 2.24) is 9.55 Å². The summed E-state index contributed by atoms with van der Waals surface area (Å²) in [6.45, 7) is -0.233. The Morgan fingerprint density at radius 3 is 1.83 bits per heavy atom. The quantitative estimate of drug-likeness (QED) is 0.253. The van der Waals surface area contributed by atoms with Crippen molar-refractivity contribution in [2.45, 2.75) is 18.4 Å². The number of hydrogen-bond acceptors (Lipinski definition) is 7. The minimum Gasteiger partial charge on any atom is -0.480 e. The summed E-state index contributed by atoms with van der Waals surface area (Å²) in [4.78, 5) is 59.4. The van der Waals surface area contributed by atoms with Crippen molar-refractivity contribution in [3.8, 4) is 0 Å². The third-order valence-corrected chi connectivity index (χ3v) is 3.94. The molecule has 0 radical (unpaired) electrons. The first-order valence-electron chi connectivity index (χ1n) is 7.74. The van der Waals surface area contributed by atoms with Gasteiger partial charge < -0.3 is 25.0 Å². The minimum atomic E-state index is -2.29. The van der Waals surface area contributed by atoms with Crippen LogP contribution in [0.25, 0.3) is 0 Å². The largest absolute Gasteiger partial charge is 0.480 e. The van der Waals surface area contributed by atoms with Crippen LogP contribution in [0.3, 0.4) is 0 Å². The third-order valence-electron chi connectivity index (χ3n) is 3.94. The van der Waals surface area contributed by atoms with Crippen molar-refractivity contribution in [2.24, 2.45) is 0 Å². The summed E-state index contributed by atoms with van der Waals surface area (Å²) in [6.07, 6.45) is 0.920. The SMILES string of the molecule is O=C(O)C(C(=O)O)c1ncn(Cc2ccc([N+](=O)[O-])cc2)c1C(C(=O)O)C(=O)O. The van der Waals surface area contributed by atoms with Gasteiger partial charge >= 0.3 is 23.9 Å². The average Bonchev–Trinajstić information content (AvgIpc) is 2.97. The molecule has 29 heavy (non-hydrogen) atoms. The number of nitro benzene ring substituents is 1. The van der Waals surface area contributed by atoms with Gasteiger partial charge in [-0.25, -0.2) is 4.98 Å². The van der Waals surface area contributed by atoms with Crippen LogP contribution in [0.4, 0.5) is 5.69 Å². The molecule has 4 N–H and O–H groups in total. The molecule has 0 unspecified atom stereocenters. The van der Waals surface area contributed by atoms with E-state index in [1.807, 2.05) is 0 Å². The smallest absolute Gasteiger partial charge is 0.324 e. The first-order valence-corrected chi connectivity index (χ1v) is 7.74. The first kappa shape index (κ1) is 21.0. The highest BCUT2D eigenvalue weighted by Gasteiger charge is 2.40. The molecule has 13 heteroatoms. The predicted octanol–water partition coefficient (Wildman–Crippen LogP) is 0.345. The lowest BCUT2D eigenvalue weighted by molar-refractivity contribution is -0.384. The molecular formula is C16H13N3O10. The summed E-state index contributed by atoms with van der Waals surface area (Å²) < 4.78 is 0.988. The Kier molecular flexibility index (Phi) is 5.91. The molecule has 152 valence electrons. The van der Waals surface area contributed by atoms with Crippen LogP contribution in [0.1, 0.15) is 28.8 Å². The standard InChI is InChI=1S/C16H13N3O10/c20-13(21)9(14(22)23)11-12(10(15(24)25)16(26)27)18(6-17-11)5-7-1-3-8(4-2-7)19(28)29/h1-4,6,9-10H,5H2,(H,20,21)(H,22,23)(H,24,25)(H,26,27). The summed E-state index contributed by atoms with van der Waals surface area (Å²) in [5.74, 6) is -12.0. The van der Waals surface area contributed by atoms with Gasteiger partial charge in [-0.1, -0.05) is 12.1 Å². The molecule has 1 aromatic carbocycles. The van der Waals surface area contributed by atoms with Crippen molar-refractivity contribution in [2.75, 3.05) is 0 Å². The zero-order valence-corrected chi connectivity index (χ0v) is 14.3. The van der Waals surface area contributed by atoms with Gasteiger partial charge in [0.05, 0.1) is 22.6 Å². The van der Waals surface area contributed by atoms with Crippen LogP contribution >= 0.6 is 0 Å². The first-order chi connectivity index (χ1) is 13.5. The Hall–Kier alpha value is -4.29. The molecule has 0 fully saturated rings. The van der Waals surface area contributed by atoms with Crippen LogP contribution in [-0.2, 0) is 25.7 Å². The average molecular weight is 407 g/mol. The zero-order chi connectivity index (χ0) is 21.9. The van der Waals surface area contributed by atoms with Crippen LogP contribution in [-0.4, -0.2) is 58.8 Å². The molecule has 0 amide bonds. The fraction of sp³-hybridized carbons (Fsp3) is 0.188. The molecule has 0 aliphatic carbocycles. The van der Waals surface area contributed by atoms with Crippen molar-refractivity contribution in [3.05, 3.63) is 57.7 Å². The molecule has 0 aliphatic rings. The van der Waals surface area contributed by atoms with E-state index in [0.717, 1.165) is 23.0 Å². The molecule has 13 nitrogen and oxygen atoms in total. The van der Waals surface area contributed by atoms with Crippen molar-refractivity contribution >= 4 is 29.6 Å². The lowest BCUT2D eigenvalue weighted by Crippen LogP contribution is -2.29. The molecule has 1 heterocycles. The van der Waals surface area contributed by atoms with Crippen LogP contribution in [0, 0.1) is 10.1 Å². The Bertz CT molecular complexity index is 967. The molecule has 0 atom stereocenters. The molecule has 0 saturated carbocycles. The topological polar surface area (TPSA) is 210 Å². The van der Waals surface area contributed by atoms with Gasteiger partial charge in [-0.15, -0.1) is 0 Å². The summed E-state index contributed by atoms with van der Waals surface area (Å²) in [5.41, 5.74) is -1.21. The van der Waals surface area contributed by atoms with E-state index in [4.69, 9.17) is 0 Å². The highest BCUT2D eigenvalue weighted by Crippen LogP contribution is 2.28. The third kappa shape index (κ3) is 4.35. The van der Waals surface area contributed by atoms with Crippen LogP contribution in [0.15, 0.2) is 30.6 Å². The second-order valence-corrected chi connectivity index (χ2v) is 5.79. The van der Waals surface area contributed by atoms with E-state index >= 15 is 0 Å². The number of nitro groups is 1. The molecule has 0 spiro atoms. The number of hydrogen-bond donors (Lipinski definition) is 4. The second kappa shape index (κ2) is 8.16.